The third-order valence-electron chi connectivity index (χ3n) is 3.63. The molecule has 0 unspecified atom stereocenters. The van der Waals surface area contributed by atoms with Crippen molar-refractivity contribution in [3.8, 4) is 0 Å². The molecule has 2 atom stereocenters. The van der Waals surface area contributed by atoms with Crippen molar-refractivity contribution in [2.45, 2.75) is 45.2 Å². The molecule has 0 N–H and O–H groups in total. The first kappa shape index (κ1) is 10.7. The van der Waals surface area contributed by atoms with E-state index < -0.39 is 0 Å². The number of piperidine rings is 1. The van der Waals surface area contributed by atoms with Crippen LogP contribution in [-0.2, 0) is 0 Å². The molecule has 0 aliphatic carbocycles. The minimum atomic E-state index is 0.571. The first-order chi connectivity index (χ1) is 7.29. The lowest BCUT2D eigenvalue weighted by Gasteiger charge is -2.38. The average molecular weight is 203 g/mol. The SMILES string of the molecule is C[C@H]1CCCCN1[C@@H](C)c1ccccc1. The minimum absolute atomic E-state index is 0.571. The molecule has 0 spiro atoms. The number of hydrogen-bond donors (Lipinski definition) is 0. The highest BCUT2D eigenvalue weighted by atomic mass is 15.2. The molecule has 1 aromatic carbocycles. The average Bonchev–Trinajstić information content (AvgIpc) is 2.30. The summed E-state index contributed by atoms with van der Waals surface area (Å²) >= 11 is 0. The largest absolute Gasteiger partial charge is 0.294 e. The monoisotopic (exact) mass is 203 g/mol. The fourth-order valence-electron chi connectivity index (χ4n) is 2.62. The van der Waals surface area contributed by atoms with Gasteiger partial charge >= 0.3 is 0 Å². The van der Waals surface area contributed by atoms with Crippen LogP contribution >= 0.6 is 0 Å². The predicted octanol–water partition coefficient (Wildman–Crippen LogP) is 3.62. The van der Waals surface area contributed by atoms with Crippen molar-refractivity contribution in [2.75, 3.05) is 6.54 Å². The molecule has 0 saturated carbocycles. The molecule has 1 saturated heterocycles. The number of rotatable bonds is 2. The van der Waals surface area contributed by atoms with Crippen LogP contribution in [0.3, 0.4) is 0 Å². The van der Waals surface area contributed by atoms with Gasteiger partial charge in [-0.1, -0.05) is 36.8 Å². The van der Waals surface area contributed by atoms with E-state index in [-0.39, 0.29) is 0 Å². The van der Waals surface area contributed by atoms with Gasteiger partial charge in [0.15, 0.2) is 0 Å². The Kier molecular flexibility index (Phi) is 3.42. The summed E-state index contributed by atoms with van der Waals surface area (Å²) in [5.41, 5.74) is 1.45. The summed E-state index contributed by atoms with van der Waals surface area (Å²) in [7, 11) is 0. The Morgan fingerprint density at radius 2 is 1.93 bits per heavy atom. The van der Waals surface area contributed by atoms with Crippen molar-refractivity contribution in [3.63, 3.8) is 0 Å². The molecule has 1 aromatic rings. The topological polar surface area (TPSA) is 3.24 Å². The molecule has 1 aliphatic heterocycles. The molecule has 1 heteroatoms. The molecule has 0 aromatic heterocycles. The zero-order chi connectivity index (χ0) is 10.7. The van der Waals surface area contributed by atoms with Gasteiger partial charge in [-0.05, 0) is 38.8 Å². The van der Waals surface area contributed by atoms with Crippen molar-refractivity contribution in [1.82, 2.24) is 4.90 Å². The summed E-state index contributed by atoms with van der Waals surface area (Å²) in [4.78, 5) is 2.64. The van der Waals surface area contributed by atoms with Gasteiger partial charge in [-0.15, -0.1) is 0 Å². The molecule has 1 heterocycles. The molecular weight excluding hydrogens is 182 g/mol. The van der Waals surface area contributed by atoms with Crippen LogP contribution in [0.15, 0.2) is 30.3 Å². The summed E-state index contributed by atoms with van der Waals surface area (Å²) in [5.74, 6) is 0. The first-order valence-corrected chi connectivity index (χ1v) is 6.09. The lowest BCUT2D eigenvalue weighted by atomic mass is 9.98. The van der Waals surface area contributed by atoms with E-state index in [1.54, 1.807) is 0 Å². The van der Waals surface area contributed by atoms with Gasteiger partial charge in [0, 0.05) is 12.1 Å². The van der Waals surface area contributed by atoms with Gasteiger partial charge in [0.05, 0.1) is 0 Å². The minimum Gasteiger partial charge on any atom is -0.294 e. The van der Waals surface area contributed by atoms with E-state index >= 15 is 0 Å². The van der Waals surface area contributed by atoms with Crippen LogP contribution in [0, 0.1) is 0 Å². The highest BCUT2D eigenvalue weighted by Crippen LogP contribution is 2.27. The van der Waals surface area contributed by atoms with Crippen LogP contribution in [0.4, 0.5) is 0 Å². The summed E-state index contributed by atoms with van der Waals surface area (Å²) in [5, 5.41) is 0. The Morgan fingerprint density at radius 3 is 2.60 bits per heavy atom. The molecule has 15 heavy (non-hydrogen) atoms. The van der Waals surface area contributed by atoms with Crippen molar-refractivity contribution in [2.24, 2.45) is 0 Å². The summed E-state index contributed by atoms with van der Waals surface area (Å²) in [6, 6.07) is 12.2. The molecule has 1 fully saturated rings. The lowest BCUT2D eigenvalue weighted by Crippen LogP contribution is -2.39. The van der Waals surface area contributed by atoms with Crippen molar-refractivity contribution >= 4 is 0 Å². The Hall–Kier alpha value is -0.820. The van der Waals surface area contributed by atoms with Crippen LogP contribution in [0.25, 0.3) is 0 Å². The van der Waals surface area contributed by atoms with Gasteiger partial charge in [-0.25, -0.2) is 0 Å². The van der Waals surface area contributed by atoms with Gasteiger partial charge in [0.25, 0.3) is 0 Å². The van der Waals surface area contributed by atoms with Crippen LogP contribution in [0.2, 0.25) is 0 Å². The smallest absolute Gasteiger partial charge is 0.0322 e. The van der Waals surface area contributed by atoms with Crippen LogP contribution in [0.5, 0.6) is 0 Å². The van der Waals surface area contributed by atoms with Gasteiger partial charge in [-0.3, -0.25) is 4.90 Å². The van der Waals surface area contributed by atoms with Crippen molar-refractivity contribution in [1.29, 1.82) is 0 Å². The third kappa shape index (κ3) is 2.40. The second-order valence-electron chi connectivity index (χ2n) is 4.67. The molecule has 2 rings (SSSR count). The van der Waals surface area contributed by atoms with E-state index in [2.05, 4.69) is 49.1 Å². The zero-order valence-electron chi connectivity index (χ0n) is 9.82. The van der Waals surface area contributed by atoms with Crippen LogP contribution in [0.1, 0.15) is 44.7 Å². The maximum absolute atomic E-state index is 2.64. The zero-order valence-corrected chi connectivity index (χ0v) is 9.82. The third-order valence-corrected chi connectivity index (χ3v) is 3.63. The molecule has 1 aliphatic rings. The van der Waals surface area contributed by atoms with Gasteiger partial charge < -0.3 is 0 Å². The van der Waals surface area contributed by atoms with Crippen molar-refractivity contribution < 1.29 is 0 Å². The van der Waals surface area contributed by atoms with E-state index in [0.717, 1.165) is 6.04 Å². The standard InChI is InChI=1S/C14H21N/c1-12-8-6-7-11-15(12)13(2)14-9-4-3-5-10-14/h3-5,9-10,12-13H,6-8,11H2,1-2H3/t12-,13-/m0/s1. The quantitative estimate of drug-likeness (QED) is 0.709. The molecule has 1 nitrogen and oxygen atoms in total. The number of nitrogens with zero attached hydrogens (tertiary/aromatic N) is 1. The van der Waals surface area contributed by atoms with Gasteiger partial charge in [0.1, 0.15) is 0 Å². The summed E-state index contributed by atoms with van der Waals surface area (Å²) in [6.07, 6.45) is 4.12. The van der Waals surface area contributed by atoms with Gasteiger partial charge in [-0.2, -0.15) is 0 Å². The number of likely N-dealkylation sites (tertiary alicyclic amines) is 1. The highest BCUT2D eigenvalue weighted by Gasteiger charge is 2.23. The molecule has 0 radical (unpaired) electrons. The summed E-state index contributed by atoms with van der Waals surface area (Å²) in [6.45, 7) is 5.95. The Balaban J connectivity index is 2.09. The van der Waals surface area contributed by atoms with E-state index in [1.807, 2.05) is 0 Å². The Bertz CT molecular complexity index is 293. The Morgan fingerprint density at radius 1 is 1.20 bits per heavy atom. The lowest BCUT2D eigenvalue weighted by molar-refractivity contribution is 0.114. The van der Waals surface area contributed by atoms with Crippen LogP contribution < -0.4 is 0 Å². The van der Waals surface area contributed by atoms with Crippen LogP contribution in [-0.4, -0.2) is 17.5 Å². The fourth-order valence-corrected chi connectivity index (χ4v) is 2.62. The fraction of sp³-hybridized carbons (Fsp3) is 0.571. The maximum atomic E-state index is 2.64. The number of hydrogen-bond acceptors (Lipinski definition) is 1. The van der Waals surface area contributed by atoms with Crippen molar-refractivity contribution in [3.05, 3.63) is 35.9 Å². The second kappa shape index (κ2) is 4.80. The predicted molar refractivity (Wildman–Crippen MR) is 64.9 cm³/mol. The maximum Gasteiger partial charge on any atom is 0.0322 e. The molecular formula is C14H21N. The molecule has 82 valence electrons. The van der Waals surface area contributed by atoms with E-state index in [4.69, 9.17) is 0 Å². The molecule has 0 amide bonds. The van der Waals surface area contributed by atoms with E-state index in [1.165, 1.54) is 31.4 Å². The van der Waals surface area contributed by atoms with Gasteiger partial charge in [0.2, 0.25) is 0 Å². The normalized spacial score (nSPS) is 25.1. The van der Waals surface area contributed by atoms with E-state index in [9.17, 15) is 0 Å². The first-order valence-electron chi connectivity index (χ1n) is 6.09. The number of benzene rings is 1. The highest BCUT2D eigenvalue weighted by molar-refractivity contribution is 5.18. The van der Waals surface area contributed by atoms with E-state index in [0.29, 0.717) is 6.04 Å². The Labute approximate surface area is 93.1 Å². The summed E-state index contributed by atoms with van der Waals surface area (Å²) < 4.78 is 0. The molecule has 0 bridgehead atoms. The second-order valence-corrected chi connectivity index (χ2v) is 4.67.